The van der Waals surface area contributed by atoms with Crippen molar-refractivity contribution < 1.29 is 35.8 Å². The lowest BCUT2D eigenvalue weighted by atomic mass is 10.2. The Morgan fingerprint density at radius 1 is 0.933 bits per heavy atom. The third-order valence-electron chi connectivity index (χ3n) is 4.87. The fraction of sp³-hybridized carbons (Fsp3) is 0.368. The predicted molar refractivity (Wildman–Crippen MR) is 99.7 cm³/mol. The SMILES string of the molecule is O=S(=O)(c1ccc(OC(F)(F)F)cc1)N1CCN(Cc2ccc3c(c2)OCO3)CC1. The summed E-state index contributed by atoms with van der Waals surface area (Å²) in [5.74, 6) is 0.947. The van der Waals surface area contributed by atoms with Crippen molar-refractivity contribution in [2.75, 3.05) is 33.0 Å². The van der Waals surface area contributed by atoms with Crippen molar-refractivity contribution in [2.45, 2.75) is 17.8 Å². The minimum atomic E-state index is -4.82. The predicted octanol–water partition coefficient (Wildman–Crippen LogP) is 2.82. The average Bonchev–Trinajstić information content (AvgIpc) is 3.15. The van der Waals surface area contributed by atoms with Crippen molar-refractivity contribution in [1.29, 1.82) is 0 Å². The van der Waals surface area contributed by atoms with Gasteiger partial charge in [0.25, 0.3) is 0 Å². The van der Waals surface area contributed by atoms with Crippen molar-refractivity contribution in [3.8, 4) is 17.2 Å². The van der Waals surface area contributed by atoms with Crippen LogP contribution in [0.15, 0.2) is 47.4 Å². The second-order valence-electron chi connectivity index (χ2n) is 6.89. The maximum atomic E-state index is 12.8. The topological polar surface area (TPSA) is 68.3 Å². The molecule has 0 aromatic heterocycles. The molecule has 11 heteroatoms. The van der Waals surface area contributed by atoms with Crippen LogP contribution in [-0.4, -0.2) is 57.0 Å². The number of nitrogens with zero attached hydrogens (tertiary/aromatic N) is 2. The minimum absolute atomic E-state index is 0.0683. The average molecular weight is 444 g/mol. The first kappa shape index (κ1) is 20.8. The Morgan fingerprint density at radius 3 is 2.27 bits per heavy atom. The molecular weight excluding hydrogens is 425 g/mol. The highest BCUT2D eigenvalue weighted by Gasteiger charge is 2.32. The van der Waals surface area contributed by atoms with Gasteiger partial charge >= 0.3 is 6.36 Å². The van der Waals surface area contributed by atoms with E-state index in [1.165, 1.54) is 4.31 Å². The first-order valence-electron chi connectivity index (χ1n) is 9.17. The molecule has 30 heavy (non-hydrogen) atoms. The monoisotopic (exact) mass is 444 g/mol. The minimum Gasteiger partial charge on any atom is -0.454 e. The summed E-state index contributed by atoms with van der Waals surface area (Å²) in [4.78, 5) is 2.06. The van der Waals surface area contributed by atoms with Gasteiger partial charge < -0.3 is 14.2 Å². The van der Waals surface area contributed by atoms with Crippen LogP contribution in [0.2, 0.25) is 0 Å². The normalized spacial score (nSPS) is 17.8. The summed E-state index contributed by atoms with van der Waals surface area (Å²) in [5, 5.41) is 0. The van der Waals surface area contributed by atoms with Gasteiger partial charge in [-0.3, -0.25) is 4.90 Å². The fourth-order valence-corrected chi connectivity index (χ4v) is 4.81. The van der Waals surface area contributed by atoms with E-state index in [4.69, 9.17) is 9.47 Å². The van der Waals surface area contributed by atoms with Gasteiger partial charge in [0.15, 0.2) is 11.5 Å². The summed E-state index contributed by atoms with van der Waals surface area (Å²) in [6, 6.07) is 9.94. The van der Waals surface area contributed by atoms with E-state index in [-0.39, 0.29) is 24.8 Å². The van der Waals surface area contributed by atoms with Crippen molar-refractivity contribution in [2.24, 2.45) is 0 Å². The highest BCUT2D eigenvalue weighted by molar-refractivity contribution is 7.89. The molecule has 0 amide bonds. The largest absolute Gasteiger partial charge is 0.573 e. The van der Waals surface area contributed by atoms with E-state index in [2.05, 4.69) is 9.64 Å². The van der Waals surface area contributed by atoms with E-state index in [0.29, 0.717) is 31.1 Å². The number of hydrogen-bond donors (Lipinski definition) is 0. The van der Waals surface area contributed by atoms with Crippen LogP contribution < -0.4 is 14.2 Å². The molecule has 0 unspecified atom stereocenters. The van der Waals surface area contributed by atoms with E-state index in [0.717, 1.165) is 29.8 Å². The number of sulfonamides is 1. The molecule has 162 valence electrons. The highest BCUT2D eigenvalue weighted by atomic mass is 32.2. The van der Waals surface area contributed by atoms with Crippen LogP contribution in [0, 0.1) is 0 Å². The maximum Gasteiger partial charge on any atom is 0.573 e. The zero-order valence-electron chi connectivity index (χ0n) is 15.8. The smallest absolute Gasteiger partial charge is 0.454 e. The Hall–Kier alpha value is -2.50. The van der Waals surface area contributed by atoms with Gasteiger partial charge in [0.1, 0.15) is 5.75 Å². The molecular formula is C19H19F3N2O5S. The van der Waals surface area contributed by atoms with Crippen LogP contribution in [0.5, 0.6) is 17.2 Å². The summed E-state index contributed by atoms with van der Waals surface area (Å²) in [6.45, 7) is 2.49. The molecule has 0 bridgehead atoms. The molecule has 2 heterocycles. The van der Waals surface area contributed by atoms with E-state index in [9.17, 15) is 21.6 Å². The molecule has 1 fully saturated rings. The Morgan fingerprint density at radius 2 is 1.60 bits per heavy atom. The standard InChI is InChI=1S/C19H19F3N2O5S/c20-19(21,22)29-15-2-4-16(5-3-15)30(25,26)24-9-7-23(8-10-24)12-14-1-6-17-18(11-14)28-13-27-17/h1-6,11H,7-10,12-13H2. The number of alkyl halides is 3. The molecule has 1 saturated heterocycles. The van der Waals surface area contributed by atoms with Crippen LogP contribution in [0.3, 0.4) is 0 Å². The van der Waals surface area contributed by atoms with Gasteiger partial charge in [-0.05, 0) is 42.0 Å². The van der Waals surface area contributed by atoms with Crippen LogP contribution in [-0.2, 0) is 16.6 Å². The molecule has 4 rings (SSSR count). The van der Waals surface area contributed by atoms with Gasteiger partial charge in [0.05, 0.1) is 4.90 Å². The van der Waals surface area contributed by atoms with Gasteiger partial charge in [-0.25, -0.2) is 8.42 Å². The second kappa shape index (κ2) is 7.97. The van der Waals surface area contributed by atoms with Crippen LogP contribution in [0.4, 0.5) is 13.2 Å². The maximum absolute atomic E-state index is 12.8. The summed E-state index contributed by atoms with van der Waals surface area (Å²) in [7, 11) is -3.79. The van der Waals surface area contributed by atoms with Crippen molar-refractivity contribution in [3.63, 3.8) is 0 Å². The molecule has 2 aliphatic heterocycles. The van der Waals surface area contributed by atoms with Crippen molar-refractivity contribution >= 4 is 10.0 Å². The zero-order valence-corrected chi connectivity index (χ0v) is 16.6. The lowest BCUT2D eigenvalue weighted by molar-refractivity contribution is -0.274. The Balaban J connectivity index is 1.36. The number of benzene rings is 2. The molecule has 0 aliphatic carbocycles. The van der Waals surface area contributed by atoms with Crippen LogP contribution in [0.1, 0.15) is 5.56 Å². The third-order valence-corrected chi connectivity index (χ3v) is 6.78. The Kier molecular flexibility index (Phi) is 5.51. The molecule has 7 nitrogen and oxygen atoms in total. The van der Waals surface area contributed by atoms with Gasteiger partial charge in [-0.1, -0.05) is 6.07 Å². The number of piperazine rings is 1. The number of fused-ring (bicyclic) bond motifs is 1. The summed E-state index contributed by atoms with van der Waals surface area (Å²) in [5.41, 5.74) is 1.04. The molecule has 0 spiro atoms. The van der Waals surface area contributed by atoms with E-state index in [1.807, 2.05) is 18.2 Å². The molecule has 0 atom stereocenters. The van der Waals surface area contributed by atoms with Gasteiger partial charge in [-0.2, -0.15) is 4.31 Å². The van der Waals surface area contributed by atoms with E-state index < -0.39 is 22.1 Å². The first-order valence-corrected chi connectivity index (χ1v) is 10.6. The molecule has 2 aromatic rings. The summed E-state index contributed by atoms with van der Waals surface area (Å²) < 4.78 is 78.1. The molecule has 2 aromatic carbocycles. The van der Waals surface area contributed by atoms with Crippen LogP contribution in [0.25, 0.3) is 0 Å². The Labute approximate surface area is 171 Å². The number of ether oxygens (including phenoxy) is 3. The van der Waals surface area contributed by atoms with Gasteiger partial charge in [0.2, 0.25) is 16.8 Å². The molecule has 2 aliphatic rings. The number of hydrogen-bond acceptors (Lipinski definition) is 6. The quantitative estimate of drug-likeness (QED) is 0.707. The van der Waals surface area contributed by atoms with E-state index in [1.54, 1.807) is 0 Å². The van der Waals surface area contributed by atoms with E-state index >= 15 is 0 Å². The first-order chi connectivity index (χ1) is 14.2. The second-order valence-corrected chi connectivity index (χ2v) is 8.82. The molecule has 0 saturated carbocycles. The Bertz CT molecular complexity index is 1000. The highest BCUT2D eigenvalue weighted by Crippen LogP contribution is 2.33. The molecule has 0 radical (unpaired) electrons. The van der Waals surface area contributed by atoms with Crippen molar-refractivity contribution in [3.05, 3.63) is 48.0 Å². The van der Waals surface area contributed by atoms with Gasteiger partial charge in [-0.15, -0.1) is 13.2 Å². The fourth-order valence-electron chi connectivity index (χ4n) is 3.39. The lowest BCUT2D eigenvalue weighted by Gasteiger charge is -2.34. The summed E-state index contributed by atoms with van der Waals surface area (Å²) in [6.07, 6.45) is -4.82. The lowest BCUT2D eigenvalue weighted by Crippen LogP contribution is -2.48. The van der Waals surface area contributed by atoms with Crippen LogP contribution >= 0.6 is 0 Å². The third kappa shape index (κ3) is 4.63. The van der Waals surface area contributed by atoms with Crippen molar-refractivity contribution in [1.82, 2.24) is 9.21 Å². The zero-order chi connectivity index (χ0) is 21.4. The molecule has 0 N–H and O–H groups in total. The number of rotatable bonds is 5. The summed E-state index contributed by atoms with van der Waals surface area (Å²) >= 11 is 0. The number of halogens is 3. The van der Waals surface area contributed by atoms with Gasteiger partial charge in [0, 0.05) is 32.7 Å².